The summed E-state index contributed by atoms with van der Waals surface area (Å²) in [6, 6.07) is 2.46. The summed E-state index contributed by atoms with van der Waals surface area (Å²) in [5, 5.41) is 0. The SMILES string of the molecule is COc1nccnc1N1CCN(c2ccc(C(F)(F)F)cn2)CC1. The predicted molar refractivity (Wildman–Crippen MR) is 82.2 cm³/mol. The zero-order valence-corrected chi connectivity index (χ0v) is 13.0. The van der Waals surface area contributed by atoms with Crippen LogP contribution in [0.4, 0.5) is 24.8 Å². The number of piperazine rings is 1. The highest BCUT2D eigenvalue weighted by Gasteiger charge is 2.31. The van der Waals surface area contributed by atoms with Gasteiger partial charge in [0.25, 0.3) is 5.88 Å². The molecule has 0 bridgehead atoms. The van der Waals surface area contributed by atoms with Gasteiger partial charge in [-0.15, -0.1) is 0 Å². The Morgan fingerprint density at radius 1 is 0.958 bits per heavy atom. The van der Waals surface area contributed by atoms with Gasteiger partial charge in [0.1, 0.15) is 5.82 Å². The highest BCUT2D eigenvalue weighted by Crippen LogP contribution is 2.30. The number of hydrogen-bond acceptors (Lipinski definition) is 6. The molecule has 1 fully saturated rings. The summed E-state index contributed by atoms with van der Waals surface area (Å²) in [4.78, 5) is 16.3. The lowest BCUT2D eigenvalue weighted by atomic mass is 10.2. The van der Waals surface area contributed by atoms with E-state index >= 15 is 0 Å². The second-order valence-electron chi connectivity index (χ2n) is 5.27. The van der Waals surface area contributed by atoms with Crippen molar-refractivity contribution >= 4 is 11.6 Å². The first-order valence-corrected chi connectivity index (χ1v) is 7.37. The molecule has 2 aromatic heterocycles. The van der Waals surface area contributed by atoms with Gasteiger partial charge in [-0.2, -0.15) is 13.2 Å². The number of aromatic nitrogens is 3. The number of nitrogens with zero attached hydrogens (tertiary/aromatic N) is 5. The summed E-state index contributed by atoms with van der Waals surface area (Å²) in [5.74, 6) is 1.66. The van der Waals surface area contributed by atoms with Crippen LogP contribution < -0.4 is 14.5 Å². The Kier molecular flexibility index (Phi) is 4.41. The third kappa shape index (κ3) is 3.34. The van der Waals surface area contributed by atoms with Gasteiger partial charge in [0.15, 0.2) is 5.82 Å². The van der Waals surface area contributed by atoms with Crippen molar-refractivity contribution in [3.05, 3.63) is 36.3 Å². The molecule has 3 heterocycles. The van der Waals surface area contributed by atoms with E-state index in [-0.39, 0.29) is 0 Å². The second kappa shape index (κ2) is 6.50. The van der Waals surface area contributed by atoms with E-state index in [0.29, 0.717) is 43.7 Å². The van der Waals surface area contributed by atoms with Crippen molar-refractivity contribution in [2.45, 2.75) is 6.18 Å². The number of rotatable bonds is 3. The lowest BCUT2D eigenvalue weighted by molar-refractivity contribution is -0.137. The molecule has 0 unspecified atom stereocenters. The number of alkyl halides is 3. The normalized spacial score (nSPS) is 15.5. The summed E-state index contributed by atoms with van der Waals surface area (Å²) in [6.07, 6.45) is -0.341. The van der Waals surface area contributed by atoms with Crippen LogP contribution >= 0.6 is 0 Å². The first-order chi connectivity index (χ1) is 11.5. The maximum atomic E-state index is 12.6. The number of pyridine rings is 1. The molecule has 24 heavy (non-hydrogen) atoms. The Balaban J connectivity index is 1.67. The van der Waals surface area contributed by atoms with Gasteiger partial charge in [0.2, 0.25) is 0 Å². The van der Waals surface area contributed by atoms with Crippen LogP contribution in [-0.4, -0.2) is 48.2 Å². The van der Waals surface area contributed by atoms with Crippen molar-refractivity contribution < 1.29 is 17.9 Å². The number of hydrogen-bond donors (Lipinski definition) is 0. The van der Waals surface area contributed by atoms with E-state index in [4.69, 9.17) is 4.74 Å². The molecule has 6 nitrogen and oxygen atoms in total. The summed E-state index contributed by atoms with van der Waals surface area (Å²) < 4.78 is 43.0. The molecule has 128 valence electrons. The Bertz CT molecular complexity index is 684. The molecule has 2 aromatic rings. The third-order valence-corrected chi connectivity index (χ3v) is 3.82. The first-order valence-electron chi connectivity index (χ1n) is 7.37. The molecular weight excluding hydrogens is 323 g/mol. The molecular formula is C15H16F3N5O. The van der Waals surface area contributed by atoms with Gasteiger partial charge < -0.3 is 14.5 Å². The van der Waals surface area contributed by atoms with Gasteiger partial charge in [0.05, 0.1) is 12.7 Å². The third-order valence-electron chi connectivity index (χ3n) is 3.82. The molecule has 0 aromatic carbocycles. The van der Waals surface area contributed by atoms with Gasteiger partial charge >= 0.3 is 6.18 Å². The lowest BCUT2D eigenvalue weighted by Crippen LogP contribution is -2.47. The second-order valence-corrected chi connectivity index (χ2v) is 5.27. The Morgan fingerprint density at radius 2 is 1.62 bits per heavy atom. The highest BCUT2D eigenvalue weighted by molar-refractivity contribution is 5.50. The van der Waals surface area contributed by atoms with E-state index in [9.17, 15) is 13.2 Å². The Hall–Kier alpha value is -2.58. The van der Waals surface area contributed by atoms with Gasteiger partial charge in [-0.1, -0.05) is 0 Å². The highest BCUT2D eigenvalue weighted by atomic mass is 19.4. The van der Waals surface area contributed by atoms with E-state index in [1.54, 1.807) is 12.4 Å². The first kappa shape index (κ1) is 16.3. The minimum Gasteiger partial charge on any atom is -0.478 e. The van der Waals surface area contributed by atoms with Gasteiger partial charge in [0, 0.05) is 44.8 Å². The molecule has 0 amide bonds. The fourth-order valence-corrected chi connectivity index (χ4v) is 2.57. The fourth-order valence-electron chi connectivity index (χ4n) is 2.57. The Labute approximate surface area is 136 Å². The summed E-state index contributed by atoms with van der Waals surface area (Å²) in [7, 11) is 1.54. The fraction of sp³-hybridized carbons (Fsp3) is 0.400. The average Bonchev–Trinajstić information content (AvgIpc) is 2.61. The number of halogens is 3. The predicted octanol–water partition coefficient (Wildman–Crippen LogP) is 2.23. The lowest BCUT2D eigenvalue weighted by Gasteiger charge is -2.36. The van der Waals surface area contributed by atoms with Crippen LogP contribution in [0, 0.1) is 0 Å². The van der Waals surface area contributed by atoms with E-state index in [0.717, 1.165) is 12.3 Å². The van der Waals surface area contributed by atoms with Crippen LogP contribution in [0.15, 0.2) is 30.7 Å². The Morgan fingerprint density at radius 3 is 2.21 bits per heavy atom. The number of anilines is 2. The van der Waals surface area contributed by atoms with Crippen LogP contribution in [0.5, 0.6) is 5.88 Å². The minimum absolute atomic E-state index is 0.457. The topological polar surface area (TPSA) is 54.4 Å². The van der Waals surface area contributed by atoms with Crippen LogP contribution in [0.1, 0.15) is 5.56 Å². The van der Waals surface area contributed by atoms with Crippen molar-refractivity contribution in [2.75, 3.05) is 43.1 Å². The molecule has 0 N–H and O–H groups in total. The molecule has 0 radical (unpaired) electrons. The monoisotopic (exact) mass is 339 g/mol. The largest absolute Gasteiger partial charge is 0.478 e. The smallest absolute Gasteiger partial charge is 0.417 e. The number of ether oxygens (including phenoxy) is 1. The average molecular weight is 339 g/mol. The van der Waals surface area contributed by atoms with E-state index in [2.05, 4.69) is 15.0 Å². The maximum absolute atomic E-state index is 12.6. The molecule has 0 spiro atoms. The van der Waals surface area contributed by atoms with Crippen molar-refractivity contribution in [3.8, 4) is 5.88 Å². The molecule has 3 rings (SSSR count). The van der Waals surface area contributed by atoms with Crippen LogP contribution in [0.25, 0.3) is 0 Å². The van der Waals surface area contributed by atoms with Gasteiger partial charge in [-0.3, -0.25) is 0 Å². The van der Waals surface area contributed by atoms with Crippen LogP contribution in [0.2, 0.25) is 0 Å². The summed E-state index contributed by atoms with van der Waals surface area (Å²) in [6.45, 7) is 2.55. The van der Waals surface area contributed by atoms with E-state index < -0.39 is 11.7 Å². The van der Waals surface area contributed by atoms with E-state index in [1.807, 2.05) is 9.80 Å². The zero-order chi connectivity index (χ0) is 17.2. The van der Waals surface area contributed by atoms with Crippen LogP contribution in [-0.2, 0) is 6.18 Å². The van der Waals surface area contributed by atoms with Crippen molar-refractivity contribution in [1.82, 2.24) is 15.0 Å². The number of methoxy groups -OCH3 is 1. The standard InChI is InChI=1S/C15H16F3N5O/c1-24-14-13(19-4-5-20-14)23-8-6-22(7-9-23)12-3-2-11(10-21-12)15(16,17)18/h2-5,10H,6-9H2,1H3. The molecule has 0 atom stereocenters. The van der Waals surface area contributed by atoms with Gasteiger partial charge in [-0.05, 0) is 12.1 Å². The molecule has 1 aliphatic heterocycles. The molecule has 0 saturated carbocycles. The summed E-state index contributed by atoms with van der Waals surface area (Å²) >= 11 is 0. The minimum atomic E-state index is -4.37. The van der Waals surface area contributed by atoms with Crippen molar-refractivity contribution in [2.24, 2.45) is 0 Å². The van der Waals surface area contributed by atoms with Crippen LogP contribution in [0.3, 0.4) is 0 Å². The maximum Gasteiger partial charge on any atom is 0.417 e. The molecule has 9 heteroatoms. The molecule has 1 aliphatic rings. The van der Waals surface area contributed by atoms with Crippen molar-refractivity contribution in [1.29, 1.82) is 0 Å². The quantitative estimate of drug-likeness (QED) is 0.855. The zero-order valence-electron chi connectivity index (χ0n) is 13.0. The summed E-state index contributed by atoms with van der Waals surface area (Å²) in [5.41, 5.74) is -0.741. The van der Waals surface area contributed by atoms with E-state index in [1.165, 1.54) is 13.2 Å². The molecule has 1 saturated heterocycles. The van der Waals surface area contributed by atoms with Crippen molar-refractivity contribution in [3.63, 3.8) is 0 Å². The van der Waals surface area contributed by atoms with Gasteiger partial charge in [-0.25, -0.2) is 15.0 Å². The molecule has 0 aliphatic carbocycles.